The molecule has 1 N–H and O–H groups in total. The number of nitrogens with one attached hydrogen (secondary N) is 1. The number of amides is 1. The van der Waals surface area contributed by atoms with Gasteiger partial charge in [-0.15, -0.1) is 22.7 Å². The molecule has 1 fully saturated rings. The van der Waals surface area contributed by atoms with Crippen LogP contribution in [0.3, 0.4) is 0 Å². The van der Waals surface area contributed by atoms with E-state index < -0.39 is 0 Å². The van der Waals surface area contributed by atoms with E-state index in [4.69, 9.17) is 23.2 Å². The van der Waals surface area contributed by atoms with E-state index in [-0.39, 0.29) is 11.9 Å². The molecular weight excluding hydrogens is 445 g/mol. The zero-order valence-corrected chi connectivity index (χ0v) is 18.9. The van der Waals surface area contributed by atoms with E-state index in [0.29, 0.717) is 6.42 Å². The molecule has 1 aliphatic rings. The third kappa shape index (κ3) is 5.80. The van der Waals surface area contributed by atoms with E-state index in [1.807, 2.05) is 29.6 Å². The molecule has 0 saturated carbocycles. The fraction of sp³-hybridized carbons (Fsp3) is 0.333. The molecule has 1 amide bonds. The number of halogens is 2. The van der Waals surface area contributed by atoms with Gasteiger partial charge < -0.3 is 5.32 Å². The first-order valence-corrected chi connectivity index (χ1v) is 12.0. The van der Waals surface area contributed by atoms with Gasteiger partial charge in [-0.2, -0.15) is 0 Å². The second-order valence-electron chi connectivity index (χ2n) is 7.17. The summed E-state index contributed by atoms with van der Waals surface area (Å²) in [6.45, 7) is 2.88. The van der Waals surface area contributed by atoms with Crippen LogP contribution in [0.25, 0.3) is 9.88 Å². The van der Waals surface area contributed by atoms with Crippen LogP contribution in [-0.2, 0) is 17.8 Å². The third-order valence-electron chi connectivity index (χ3n) is 4.95. The first-order chi connectivity index (χ1) is 14.0. The maximum Gasteiger partial charge on any atom is 0.226 e. The van der Waals surface area contributed by atoms with E-state index >= 15 is 0 Å². The number of piperidine rings is 1. The lowest BCUT2D eigenvalue weighted by Crippen LogP contribution is -2.44. The molecule has 3 heterocycles. The highest BCUT2D eigenvalue weighted by Crippen LogP contribution is 2.33. The van der Waals surface area contributed by atoms with Crippen LogP contribution in [0.2, 0.25) is 9.36 Å². The Hall–Kier alpha value is -1.44. The van der Waals surface area contributed by atoms with Crippen molar-refractivity contribution >= 4 is 51.8 Å². The molecule has 1 saturated heterocycles. The largest absolute Gasteiger partial charge is 0.353 e. The smallest absolute Gasteiger partial charge is 0.226 e. The minimum atomic E-state index is 0.0437. The first-order valence-electron chi connectivity index (χ1n) is 9.51. The molecule has 8 heteroatoms. The van der Waals surface area contributed by atoms with Crippen molar-refractivity contribution in [1.82, 2.24) is 15.2 Å². The van der Waals surface area contributed by atoms with E-state index in [1.165, 1.54) is 16.9 Å². The second kappa shape index (κ2) is 9.58. The summed E-state index contributed by atoms with van der Waals surface area (Å²) in [5, 5.41) is 6.81. The van der Waals surface area contributed by atoms with E-state index in [0.717, 1.165) is 57.4 Å². The molecule has 152 valence electrons. The van der Waals surface area contributed by atoms with Gasteiger partial charge in [0.05, 0.1) is 21.3 Å². The van der Waals surface area contributed by atoms with E-state index in [9.17, 15) is 4.79 Å². The maximum absolute atomic E-state index is 12.4. The molecule has 2 aromatic heterocycles. The molecule has 1 aliphatic heterocycles. The number of carbonyl (C=O) groups excluding carboxylic acids is 1. The summed E-state index contributed by atoms with van der Waals surface area (Å²) in [6.07, 6.45) is 2.26. The van der Waals surface area contributed by atoms with Crippen LogP contribution in [0, 0.1) is 0 Å². The minimum Gasteiger partial charge on any atom is -0.353 e. The van der Waals surface area contributed by atoms with Crippen molar-refractivity contribution in [3.8, 4) is 9.88 Å². The van der Waals surface area contributed by atoms with Gasteiger partial charge in [0.2, 0.25) is 5.91 Å². The summed E-state index contributed by atoms with van der Waals surface area (Å²) >= 11 is 15.0. The number of aromatic nitrogens is 1. The molecule has 0 spiro atoms. The Morgan fingerprint density at radius 3 is 2.59 bits per heavy atom. The third-order valence-corrected chi connectivity index (χ3v) is 7.49. The standard InChI is InChI=1S/C21H21Cl2N3OS2/c22-15-3-1-14(2-4-15)12-26-9-7-16(8-10-26)24-20(27)11-17-13-28-21(25-17)18-5-6-19(23)29-18/h1-6,13,16H,7-12H2,(H,24,27). The number of likely N-dealkylation sites (tertiary alicyclic amines) is 1. The Balaban J connectivity index is 1.23. The van der Waals surface area contributed by atoms with Gasteiger partial charge in [0.1, 0.15) is 5.01 Å². The van der Waals surface area contributed by atoms with Crippen molar-refractivity contribution in [2.45, 2.75) is 31.8 Å². The molecule has 29 heavy (non-hydrogen) atoms. The number of benzene rings is 1. The minimum absolute atomic E-state index is 0.0437. The molecular formula is C21H21Cl2N3OS2. The molecule has 0 bridgehead atoms. The van der Waals surface area contributed by atoms with E-state index in [1.54, 1.807) is 11.3 Å². The van der Waals surface area contributed by atoms with Crippen LogP contribution >= 0.6 is 45.9 Å². The number of hydrogen-bond donors (Lipinski definition) is 1. The van der Waals surface area contributed by atoms with Gasteiger partial charge in [0.25, 0.3) is 0 Å². The van der Waals surface area contributed by atoms with Crippen LogP contribution in [0.4, 0.5) is 0 Å². The van der Waals surface area contributed by atoms with Crippen LogP contribution in [0.5, 0.6) is 0 Å². The number of thiophene rings is 1. The zero-order chi connectivity index (χ0) is 20.2. The van der Waals surface area contributed by atoms with Crippen LogP contribution in [0.1, 0.15) is 24.1 Å². The van der Waals surface area contributed by atoms with Crippen molar-refractivity contribution < 1.29 is 4.79 Å². The predicted molar refractivity (Wildman–Crippen MR) is 122 cm³/mol. The first kappa shape index (κ1) is 20.8. The van der Waals surface area contributed by atoms with Gasteiger partial charge in [0.15, 0.2) is 0 Å². The fourth-order valence-corrected chi connectivity index (χ4v) is 5.52. The topological polar surface area (TPSA) is 45.2 Å². The van der Waals surface area contributed by atoms with Gasteiger partial charge >= 0.3 is 0 Å². The second-order valence-corrected chi connectivity index (χ2v) is 10.2. The summed E-state index contributed by atoms with van der Waals surface area (Å²) in [4.78, 5) is 20.5. The van der Waals surface area contributed by atoms with Gasteiger partial charge in [-0.05, 0) is 42.7 Å². The van der Waals surface area contributed by atoms with Crippen molar-refractivity contribution in [2.75, 3.05) is 13.1 Å². The van der Waals surface area contributed by atoms with Crippen molar-refractivity contribution in [3.63, 3.8) is 0 Å². The highest BCUT2D eigenvalue weighted by atomic mass is 35.5. The monoisotopic (exact) mass is 465 g/mol. The summed E-state index contributed by atoms with van der Waals surface area (Å²) in [7, 11) is 0. The summed E-state index contributed by atoms with van der Waals surface area (Å²) in [5.74, 6) is 0.0437. The van der Waals surface area contributed by atoms with Gasteiger partial charge in [-0.25, -0.2) is 4.98 Å². The lowest BCUT2D eigenvalue weighted by Gasteiger charge is -2.32. The average molecular weight is 466 g/mol. The normalized spacial score (nSPS) is 15.5. The Labute approximate surface area is 188 Å². The van der Waals surface area contributed by atoms with Gasteiger partial charge in [-0.1, -0.05) is 35.3 Å². The number of nitrogens with zero attached hydrogens (tertiary/aromatic N) is 2. The molecule has 0 aliphatic carbocycles. The van der Waals surface area contributed by atoms with Gasteiger partial charge in [0, 0.05) is 36.1 Å². The highest BCUT2D eigenvalue weighted by Gasteiger charge is 2.21. The summed E-state index contributed by atoms with van der Waals surface area (Å²) in [6, 6.07) is 12.1. The van der Waals surface area contributed by atoms with E-state index in [2.05, 4.69) is 27.3 Å². The molecule has 0 radical (unpaired) electrons. The summed E-state index contributed by atoms with van der Waals surface area (Å²) < 4.78 is 0.747. The Morgan fingerprint density at radius 1 is 1.14 bits per heavy atom. The van der Waals surface area contributed by atoms with Crippen LogP contribution in [0.15, 0.2) is 41.8 Å². The molecule has 0 unspecified atom stereocenters. The predicted octanol–water partition coefficient (Wildman–Crippen LogP) is 5.50. The zero-order valence-electron chi connectivity index (χ0n) is 15.7. The molecule has 4 rings (SSSR count). The maximum atomic E-state index is 12.4. The molecule has 0 atom stereocenters. The van der Waals surface area contributed by atoms with Crippen LogP contribution < -0.4 is 5.32 Å². The fourth-order valence-electron chi connectivity index (χ4n) is 3.46. The van der Waals surface area contributed by atoms with Crippen molar-refractivity contribution in [1.29, 1.82) is 0 Å². The lowest BCUT2D eigenvalue weighted by atomic mass is 10.0. The summed E-state index contributed by atoms with van der Waals surface area (Å²) in [5.41, 5.74) is 2.08. The van der Waals surface area contributed by atoms with Crippen LogP contribution in [-0.4, -0.2) is 34.9 Å². The quantitative estimate of drug-likeness (QED) is 0.522. The number of hydrogen-bond acceptors (Lipinski definition) is 5. The Bertz CT molecular complexity index is 962. The molecule has 3 aromatic rings. The molecule has 1 aromatic carbocycles. The number of rotatable bonds is 6. The Morgan fingerprint density at radius 2 is 1.90 bits per heavy atom. The average Bonchev–Trinajstić information content (AvgIpc) is 3.34. The Kier molecular flexibility index (Phi) is 6.88. The van der Waals surface area contributed by atoms with Gasteiger partial charge in [-0.3, -0.25) is 9.69 Å². The number of carbonyl (C=O) groups is 1. The lowest BCUT2D eigenvalue weighted by molar-refractivity contribution is -0.121. The molecule has 4 nitrogen and oxygen atoms in total. The van der Waals surface area contributed by atoms with Crippen molar-refractivity contribution in [3.05, 3.63) is 62.4 Å². The SMILES string of the molecule is O=C(Cc1csc(-c2ccc(Cl)s2)n1)NC1CCN(Cc2ccc(Cl)cc2)CC1. The number of thiazole rings is 1. The van der Waals surface area contributed by atoms with Crippen molar-refractivity contribution in [2.24, 2.45) is 0 Å². The highest BCUT2D eigenvalue weighted by molar-refractivity contribution is 7.23.